The van der Waals surface area contributed by atoms with Crippen LogP contribution in [0, 0.1) is 11.8 Å². The number of Topliss-reactive ketones (excluding diaryl/α,β-unsaturated/α-hetero) is 1. The summed E-state index contributed by atoms with van der Waals surface area (Å²) in [6.07, 6.45) is 7.33. The molecule has 2 heterocycles. The van der Waals surface area contributed by atoms with Crippen molar-refractivity contribution >= 4 is 11.7 Å². The number of nitrogens with zero attached hydrogens (tertiary/aromatic N) is 1. The molecule has 3 fully saturated rings. The van der Waals surface area contributed by atoms with Crippen LogP contribution in [0.25, 0.3) is 0 Å². The molecule has 1 aliphatic carbocycles. The van der Waals surface area contributed by atoms with E-state index in [4.69, 9.17) is 0 Å². The van der Waals surface area contributed by atoms with Crippen LogP contribution in [0.4, 0.5) is 0 Å². The number of fused-ring (bicyclic) bond motifs is 1. The van der Waals surface area contributed by atoms with Crippen LogP contribution in [0.1, 0.15) is 44.9 Å². The predicted molar refractivity (Wildman–Crippen MR) is 72.7 cm³/mol. The Labute approximate surface area is 114 Å². The topological polar surface area (TPSA) is 49.4 Å². The highest BCUT2D eigenvalue weighted by Gasteiger charge is 2.35. The van der Waals surface area contributed by atoms with E-state index in [0.29, 0.717) is 36.6 Å². The molecule has 0 bridgehead atoms. The number of piperidine rings is 2. The molecule has 1 amide bonds. The van der Waals surface area contributed by atoms with Crippen molar-refractivity contribution < 1.29 is 9.59 Å². The minimum Gasteiger partial charge on any atom is -0.353 e. The second-order valence-electron chi connectivity index (χ2n) is 6.44. The summed E-state index contributed by atoms with van der Waals surface area (Å²) in [6.45, 7) is 2.59. The van der Waals surface area contributed by atoms with E-state index in [0.717, 1.165) is 38.8 Å². The molecule has 2 aliphatic heterocycles. The molecule has 19 heavy (non-hydrogen) atoms. The first-order chi connectivity index (χ1) is 9.22. The lowest BCUT2D eigenvalue weighted by molar-refractivity contribution is -0.127. The third kappa shape index (κ3) is 2.99. The number of likely N-dealkylation sites (tertiary alicyclic amines) is 1. The first-order valence-electron chi connectivity index (χ1n) is 7.77. The molecule has 1 saturated carbocycles. The summed E-state index contributed by atoms with van der Waals surface area (Å²) >= 11 is 0. The van der Waals surface area contributed by atoms with Gasteiger partial charge < -0.3 is 5.32 Å². The summed E-state index contributed by atoms with van der Waals surface area (Å²) in [5.41, 5.74) is 0. The molecule has 0 radical (unpaired) electrons. The van der Waals surface area contributed by atoms with Gasteiger partial charge in [-0.2, -0.15) is 0 Å². The molecule has 4 heteroatoms. The molecule has 4 nitrogen and oxygen atoms in total. The lowest BCUT2D eigenvalue weighted by Crippen LogP contribution is -2.54. The van der Waals surface area contributed by atoms with Gasteiger partial charge in [-0.15, -0.1) is 0 Å². The Morgan fingerprint density at radius 1 is 1.21 bits per heavy atom. The summed E-state index contributed by atoms with van der Waals surface area (Å²) in [4.78, 5) is 25.9. The second kappa shape index (κ2) is 5.61. The van der Waals surface area contributed by atoms with Crippen LogP contribution in [-0.2, 0) is 9.59 Å². The van der Waals surface area contributed by atoms with E-state index in [1.165, 1.54) is 12.8 Å². The van der Waals surface area contributed by atoms with Crippen molar-refractivity contribution in [3.8, 4) is 0 Å². The number of carbonyl (C=O) groups is 2. The number of rotatable bonds is 3. The summed E-state index contributed by atoms with van der Waals surface area (Å²) in [5, 5.41) is 3.10. The van der Waals surface area contributed by atoms with Crippen LogP contribution in [0.3, 0.4) is 0 Å². The van der Waals surface area contributed by atoms with Gasteiger partial charge in [0.05, 0.1) is 6.54 Å². The highest BCUT2D eigenvalue weighted by molar-refractivity contribution is 5.83. The fourth-order valence-electron chi connectivity index (χ4n) is 3.93. The van der Waals surface area contributed by atoms with Gasteiger partial charge in [-0.1, -0.05) is 12.8 Å². The van der Waals surface area contributed by atoms with Crippen LogP contribution in [0.15, 0.2) is 0 Å². The Morgan fingerprint density at radius 3 is 2.79 bits per heavy atom. The van der Waals surface area contributed by atoms with Crippen LogP contribution >= 0.6 is 0 Å². The van der Waals surface area contributed by atoms with Crippen molar-refractivity contribution in [2.45, 2.75) is 51.0 Å². The van der Waals surface area contributed by atoms with Gasteiger partial charge in [0.25, 0.3) is 0 Å². The first-order valence-corrected chi connectivity index (χ1v) is 7.77. The van der Waals surface area contributed by atoms with Gasteiger partial charge in [-0.25, -0.2) is 0 Å². The van der Waals surface area contributed by atoms with E-state index < -0.39 is 0 Å². The van der Waals surface area contributed by atoms with Crippen LogP contribution in [0.5, 0.6) is 0 Å². The first kappa shape index (κ1) is 13.1. The predicted octanol–water partition coefficient (Wildman–Crippen LogP) is 1.35. The molecule has 0 aromatic carbocycles. The van der Waals surface area contributed by atoms with Crippen molar-refractivity contribution in [1.82, 2.24) is 10.2 Å². The van der Waals surface area contributed by atoms with Gasteiger partial charge in [0.2, 0.25) is 5.91 Å². The molecule has 0 spiro atoms. The molecule has 3 aliphatic rings. The number of ketones is 1. The lowest BCUT2D eigenvalue weighted by atomic mass is 9.85. The number of hydrogen-bond acceptors (Lipinski definition) is 3. The molecule has 3 rings (SSSR count). The van der Waals surface area contributed by atoms with Crippen LogP contribution < -0.4 is 5.32 Å². The molecular formula is C15H24N2O2. The maximum Gasteiger partial charge on any atom is 0.220 e. The number of hydrogen-bond donors (Lipinski definition) is 1. The third-order valence-electron chi connectivity index (χ3n) is 5.10. The van der Waals surface area contributed by atoms with E-state index in [9.17, 15) is 9.59 Å². The second-order valence-corrected chi connectivity index (χ2v) is 6.44. The van der Waals surface area contributed by atoms with Crippen molar-refractivity contribution in [2.24, 2.45) is 11.8 Å². The van der Waals surface area contributed by atoms with E-state index in [-0.39, 0.29) is 5.91 Å². The van der Waals surface area contributed by atoms with Gasteiger partial charge in [0, 0.05) is 31.5 Å². The normalized spacial score (nSPS) is 32.9. The Kier molecular flexibility index (Phi) is 3.87. The molecule has 0 aromatic rings. The Morgan fingerprint density at radius 2 is 2.00 bits per heavy atom. The number of nitrogens with one attached hydrogen (secondary N) is 1. The Hall–Kier alpha value is -0.900. The van der Waals surface area contributed by atoms with E-state index in [1.54, 1.807) is 0 Å². The average Bonchev–Trinajstić information content (AvgIpc) is 2.93. The SMILES string of the molecule is O=C1CCC2CN(CC(=O)C3CCCC3)CCC2N1. The van der Waals surface area contributed by atoms with Gasteiger partial charge >= 0.3 is 0 Å². The molecule has 2 saturated heterocycles. The quantitative estimate of drug-likeness (QED) is 0.837. The zero-order chi connectivity index (χ0) is 13.2. The molecule has 106 valence electrons. The lowest BCUT2D eigenvalue weighted by Gasteiger charge is -2.41. The molecule has 2 unspecified atom stereocenters. The van der Waals surface area contributed by atoms with Crippen molar-refractivity contribution in [3.63, 3.8) is 0 Å². The van der Waals surface area contributed by atoms with Crippen LogP contribution in [-0.4, -0.2) is 42.3 Å². The summed E-state index contributed by atoms with van der Waals surface area (Å²) in [5.74, 6) is 1.55. The molecule has 0 aromatic heterocycles. The van der Waals surface area contributed by atoms with E-state index in [1.807, 2.05) is 0 Å². The standard InChI is InChI=1S/C15H24N2O2/c18-14(11-3-1-2-4-11)10-17-8-7-13-12(9-17)5-6-15(19)16-13/h11-13H,1-10H2,(H,16,19). The number of carbonyl (C=O) groups excluding carboxylic acids is 2. The monoisotopic (exact) mass is 264 g/mol. The van der Waals surface area contributed by atoms with Gasteiger partial charge in [-0.3, -0.25) is 14.5 Å². The highest BCUT2D eigenvalue weighted by Crippen LogP contribution is 2.28. The Balaban J connectivity index is 1.50. The molecule has 2 atom stereocenters. The largest absolute Gasteiger partial charge is 0.353 e. The minimum atomic E-state index is 0.205. The van der Waals surface area contributed by atoms with E-state index in [2.05, 4.69) is 10.2 Å². The van der Waals surface area contributed by atoms with Crippen LogP contribution in [0.2, 0.25) is 0 Å². The summed E-state index contributed by atoms with van der Waals surface area (Å²) < 4.78 is 0. The van der Waals surface area contributed by atoms with Crippen molar-refractivity contribution in [2.75, 3.05) is 19.6 Å². The smallest absolute Gasteiger partial charge is 0.220 e. The van der Waals surface area contributed by atoms with Gasteiger partial charge in [0.1, 0.15) is 5.78 Å². The zero-order valence-corrected chi connectivity index (χ0v) is 11.6. The van der Waals surface area contributed by atoms with E-state index >= 15 is 0 Å². The Bertz CT molecular complexity index is 363. The average molecular weight is 264 g/mol. The van der Waals surface area contributed by atoms with Gasteiger partial charge in [0.15, 0.2) is 0 Å². The molecule has 1 N–H and O–H groups in total. The van der Waals surface area contributed by atoms with Crippen molar-refractivity contribution in [3.05, 3.63) is 0 Å². The maximum absolute atomic E-state index is 12.2. The third-order valence-corrected chi connectivity index (χ3v) is 5.10. The fourth-order valence-corrected chi connectivity index (χ4v) is 3.93. The van der Waals surface area contributed by atoms with Gasteiger partial charge in [-0.05, 0) is 31.6 Å². The fraction of sp³-hybridized carbons (Fsp3) is 0.867. The minimum absolute atomic E-state index is 0.205. The number of amides is 1. The van der Waals surface area contributed by atoms with Crippen molar-refractivity contribution in [1.29, 1.82) is 0 Å². The highest BCUT2D eigenvalue weighted by atomic mass is 16.1. The summed E-state index contributed by atoms with van der Waals surface area (Å²) in [6, 6.07) is 0.360. The maximum atomic E-state index is 12.2. The molecular weight excluding hydrogens is 240 g/mol. The zero-order valence-electron chi connectivity index (χ0n) is 11.6. The summed E-state index contributed by atoms with van der Waals surface area (Å²) in [7, 11) is 0.